The molecule has 1 saturated heterocycles. The Morgan fingerprint density at radius 3 is 2.76 bits per heavy atom. The Hall–Kier alpha value is -1.56. The van der Waals surface area contributed by atoms with Crippen molar-refractivity contribution in [3.05, 3.63) is 12.2 Å². The minimum absolute atomic E-state index is 0.0360. The lowest BCUT2D eigenvalue weighted by Gasteiger charge is -2.12. The third-order valence-electron chi connectivity index (χ3n) is 2.46. The van der Waals surface area contributed by atoms with Crippen molar-refractivity contribution in [2.24, 2.45) is 16.5 Å². The lowest BCUT2D eigenvalue weighted by molar-refractivity contribution is -0.128. The van der Waals surface area contributed by atoms with E-state index in [4.69, 9.17) is 16.2 Å². The number of aliphatic imine (C=N–C) groups is 1. The molecule has 6 nitrogen and oxygen atoms in total. The number of nitrogens with two attached hydrogens (primary N) is 2. The van der Waals surface area contributed by atoms with Crippen molar-refractivity contribution < 1.29 is 9.53 Å². The molecule has 2 unspecified atom stereocenters. The zero-order valence-electron chi connectivity index (χ0n) is 10.1. The first-order valence-corrected chi connectivity index (χ1v) is 5.62. The molecule has 1 amide bonds. The average Bonchev–Trinajstić information content (AvgIpc) is 2.72. The van der Waals surface area contributed by atoms with Crippen LogP contribution < -0.4 is 16.8 Å². The van der Waals surface area contributed by atoms with Crippen molar-refractivity contribution in [3.8, 4) is 0 Å². The van der Waals surface area contributed by atoms with Crippen LogP contribution in [-0.2, 0) is 9.53 Å². The summed E-state index contributed by atoms with van der Waals surface area (Å²) in [7, 11) is 0. The van der Waals surface area contributed by atoms with E-state index in [-0.39, 0.29) is 6.10 Å². The van der Waals surface area contributed by atoms with Crippen molar-refractivity contribution in [2.45, 2.75) is 32.0 Å². The molecule has 5 N–H and O–H groups in total. The van der Waals surface area contributed by atoms with Gasteiger partial charge >= 0.3 is 0 Å². The van der Waals surface area contributed by atoms with E-state index in [0.717, 1.165) is 12.0 Å². The number of ether oxygens (including phenoxy) is 1. The Bertz CT molecular complexity index is 327. The third-order valence-corrected chi connectivity index (χ3v) is 2.46. The maximum absolute atomic E-state index is 10.9. The second kappa shape index (κ2) is 6.24. The van der Waals surface area contributed by atoms with Crippen molar-refractivity contribution in [2.75, 3.05) is 13.1 Å². The van der Waals surface area contributed by atoms with Crippen LogP contribution in [0.25, 0.3) is 0 Å². The number of guanidine groups is 1. The van der Waals surface area contributed by atoms with E-state index in [1.165, 1.54) is 0 Å². The van der Waals surface area contributed by atoms with Gasteiger partial charge in [-0.3, -0.25) is 4.79 Å². The number of amides is 1. The SMILES string of the molecule is C=C(C)CN=C(N)NCC1CCC(C(N)=O)O1. The van der Waals surface area contributed by atoms with E-state index in [1.54, 1.807) is 0 Å². The molecule has 0 aromatic carbocycles. The largest absolute Gasteiger partial charge is 0.370 e. The van der Waals surface area contributed by atoms with Gasteiger partial charge in [0.05, 0.1) is 12.6 Å². The standard InChI is InChI=1S/C11H20N4O2/c1-7(2)5-14-11(13)15-6-8-3-4-9(17-8)10(12)16/h8-9H,1,3-6H2,2H3,(H2,12,16)(H3,13,14,15). The molecule has 0 aliphatic carbocycles. The van der Waals surface area contributed by atoms with Gasteiger partial charge in [0, 0.05) is 6.54 Å². The molecule has 0 aromatic heterocycles. The van der Waals surface area contributed by atoms with Gasteiger partial charge in [0.15, 0.2) is 5.96 Å². The molecule has 1 aliphatic rings. The van der Waals surface area contributed by atoms with Gasteiger partial charge in [0.2, 0.25) is 5.91 Å². The van der Waals surface area contributed by atoms with Crippen LogP contribution >= 0.6 is 0 Å². The predicted molar refractivity (Wildman–Crippen MR) is 66.4 cm³/mol. The van der Waals surface area contributed by atoms with Gasteiger partial charge in [-0.2, -0.15) is 0 Å². The highest BCUT2D eigenvalue weighted by Crippen LogP contribution is 2.18. The second-order valence-corrected chi connectivity index (χ2v) is 4.27. The molecule has 1 fully saturated rings. The molecular formula is C11H20N4O2. The van der Waals surface area contributed by atoms with Gasteiger partial charge < -0.3 is 21.5 Å². The summed E-state index contributed by atoms with van der Waals surface area (Å²) >= 11 is 0. The highest BCUT2D eigenvalue weighted by molar-refractivity contribution is 5.79. The minimum atomic E-state index is -0.463. The Morgan fingerprint density at radius 2 is 2.24 bits per heavy atom. The first-order chi connectivity index (χ1) is 7.99. The Balaban J connectivity index is 2.25. The molecule has 1 aliphatic heterocycles. The maximum Gasteiger partial charge on any atom is 0.246 e. The molecular weight excluding hydrogens is 220 g/mol. The molecule has 2 atom stereocenters. The van der Waals surface area contributed by atoms with Crippen LogP contribution in [0.1, 0.15) is 19.8 Å². The second-order valence-electron chi connectivity index (χ2n) is 4.27. The number of nitrogens with zero attached hydrogens (tertiary/aromatic N) is 1. The van der Waals surface area contributed by atoms with Gasteiger partial charge in [-0.05, 0) is 19.8 Å². The first-order valence-electron chi connectivity index (χ1n) is 5.62. The summed E-state index contributed by atoms with van der Waals surface area (Å²) in [6.45, 7) is 6.66. The normalized spacial score (nSPS) is 24.6. The summed E-state index contributed by atoms with van der Waals surface area (Å²) < 4.78 is 5.43. The van der Waals surface area contributed by atoms with Crippen LogP contribution in [0.4, 0.5) is 0 Å². The average molecular weight is 240 g/mol. The van der Waals surface area contributed by atoms with Crippen LogP contribution in [0.5, 0.6) is 0 Å². The number of primary amides is 1. The van der Waals surface area contributed by atoms with Crippen LogP contribution in [0, 0.1) is 0 Å². The Kier molecular flexibility index (Phi) is 4.96. The lowest BCUT2D eigenvalue weighted by Crippen LogP contribution is -2.38. The Morgan fingerprint density at radius 1 is 1.53 bits per heavy atom. The molecule has 6 heteroatoms. The van der Waals surface area contributed by atoms with Crippen molar-refractivity contribution in [1.82, 2.24) is 5.32 Å². The van der Waals surface area contributed by atoms with Crippen molar-refractivity contribution in [1.29, 1.82) is 0 Å². The number of hydrogen-bond donors (Lipinski definition) is 3. The van der Waals surface area contributed by atoms with Gasteiger partial charge in [0.25, 0.3) is 0 Å². The van der Waals surface area contributed by atoms with Crippen LogP contribution in [0.2, 0.25) is 0 Å². The maximum atomic E-state index is 10.9. The van der Waals surface area contributed by atoms with E-state index in [1.807, 2.05) is 6.92 Å². The number of rotatable bonds is 5. The fraction of sp³-hybridized carbons (Fsp3) is 0.636. The highest BCUT2D eigenvalue weighted by atomic mass is 16.5. The zero-order chi connectivity index (χ0) is 12.8. The lowest BCUT2D eigenvalue weighted by atomic mass is 10.2. The summed E-state index contributed by atoms with van der Waals surface area (Å²) in [5, 5.41) is 2.95. The summed E-state index contributed by atoms with van der Waals surface area (Å²) in [5.74, 6) is -0.0458. The highest BCUT2D eigenvalue weighted by Gasteiger charge is 2.28. The van der Waals surface area contributed by atoms with Crippen LogP contribution in [-0.4, -0.2) is 37.2 Å². The number of carbonyl (C=O) groups is 1. The number of carbonyl (C=O) groups excluding carboxylic acids is 1. The molecule has 96 valence electrons. The smallest absolute Gasteiger partial charge is 0.246 e. The van der Waals surface area contributed by atoms with E-state index < -0.39 is 12.0 Å². The summed E-state index contributed by atoms with van der Waals surface area (Å²) in [4.78, 5) is 15.0. The van der Waals surface area contributed by atoms with E-state index in [0.29, 0.717) is 25.5 Å². The third kappa shape index (κ3) is 4.86. The number of nitrogens with one attached hydrogen (secondary N) is 1. The van der Waals surface area contributed by atoms with Crippen LogP contribution in [0.3, 0.4) is 0 Å². The van der Waals surface area contributed by atoms with Crippen molar-refractivity contribution >= 4 is 11.9 Å². The summed E-state index contributed by atoms with van der Waals surface area (Å²) in [6, 6.07) is 0. The zero-order valence-corrected chi connectivity index (χ0v) is 10.1. The van der Waals surface area contributed by atoms with E-state index in [9.17, 15) is 4.79 Å². The predicted octanol–water partition coefficient (Wildman–Crippen LogP) is -0.500. The van der Waals surface area contributed by atoms with Crippen molar-refractivity contribution in [3.63, 3.8) is 0 Å². The van der Waals surface area contributed by atoms with Gasteiger partial charge in [-0.1, -0.05) is 12.2 Å². The molecule has 17 heavy (non-hydrogen) atoms. The van der Waals surface area contributed by atoms with Crippen LogP contribution in [0.15, 0.2) is 17.1 Å². The van der Waals surface area contributed by atoms with Gasteiger partial charge in [0.1, 0.15) is 6.10 Å². The van der Waals surface area contributed by atoms with E-state index >= 15 is 0 Å². The molecule has 1 rings (SSSR count). The fourth-order valence-corrected chi connectivity index (χ4v) is 1.56. The molecule has 0 spiro atoms. The monoisotopic (exact) mass is 240 g/mol. The summed E-state index contributed by atoms with van der Waals surface area (Å²) in [6.07, 6.45) is 0.972. The first kappa shape index (κ1) is 13.5. The molecule has 0 bridgehead atoms. The van der Waals surface area contributed by atoms with Gasteiger partial charge in [-0.15, -0.1) is 0 Å². The number of hydrogen-bond acceptors (Lipinski definition) is 3. The minimum Gasteiger partial charge on any atom is -0.370 e. The summed E-state index contributed by atoms with van der Waals surface area (Å²) in [5.41, 5.74) is 11.7. The topological polar surface area (TPSA) is 103 Å². The van der Waals surface area contributed by atoms with Gasteiger partial charge in [-0.25, -0.2) is 4.99 Å². The molecule has 0 radical (unpaired) electrons. The molecule has 0 saturated carbocycles. The molecule has 1 heterocycles. The Labute approximate surface area is 101 Å². The fourth-order valence-electron chi connectivity index (χ4n) is 1.56. The molecule has 0 aromatic rings. The quantitative estimate of drug-likeness (QED) is 0.342. The van der Waals surface area contributed by atoms with E-state index in [2.05, 4.69) is 16.9 Å².